The summed E-state index contributed by atoms with van der Waals surface area (Å²) in [5.74, 6) is 0.572. The molecule has 1 heterocycles. The van der Waals surface area contributed by atoms with Crippen molar-refractivity contribution >= 4 is 17.5 Å². The van der Waals surface area contributed by atoms with Crippen LogP contribution in [0.15, 0.2) is 18.2 Å². The predicted molar refractivity (Wildman–Crippen MR) is 64.3 cm³/mol. The van der Waals surface area contributed by atoms with Crippen molar-refractivity contribution in [3.63, 3.8) is 0 Å². The lowest BCUT2D eigenvalue weighted by Gasteiger charge is -2.10. The summed E-state index contributed by atoms with van der Waals surface area (Å²) in [5, 5.41) is 12.0. The average Bonchev–Trinajstić information content (AvgIpc) is 2.72. The van der Waals surface area contributed by atoms with Crippen molar-refractivity contribution in [2.75, 3.05) is 13.2 Å². The second-order valence-corrected chi connectivity index (χ2v) is 4.37. The molecule has 92 valence electrons. The van der Waals surface area contributed by atoms with Crippen molar-refractivity contribution in [2.24, 2.45) is 0 Å². The molecule has 1 unspecified atom stereocenters. The highest BCUT2D eigenvalue weighted by molar-refractivity contribution is 6.30. The zero-order chi connectivity index (χ0) is 12.3. The number of aliphatic hydroxyl groups excluding tert-OH is 1. The zero-order valence-electron chi connectivity index (χ0n) is 9.28. The monoisotopic (exact) mass is 255 g/mol. The Bertz CT molecular complexity index is 422. The van der Waals surface area contributed by atoms with Gasteiger partial charge in [0.15, 0.2) is 6.10 Å². The Morgan fingerprint density at radius 1 is 1.59 bits per heavy atom. The molecular formula is C12H14ClNO3. The molecule has 2 N–H and O–H groups in total. The van der Waals surface area contributed by atoms with Gasteiger partial charge in [-0.1, -0.05) is 11.6 Å². The molecule has 1 amide bonds. The van der Waals surface area contributed by atoms with Crippen molar-refractivity contribution in [3.05, 3.63) is 28.8 Å². The number of aliphatic hydroxyl groups is 1. The van der Waals surface area contributed by atoms with E-state index in [4.69, 9.17) is 21.4 Å². The summed E-state index contributed by atoms with van der Waals surface area (Å²) >= 11 is 5.87. The van der Waals surface area contributed by atoms with Crippen molar-refractivity contribution in [2.45, 2.75) is 18.9 Å². The van der Waals surface area contributed by atoms with E-state index in [1.807, 2.05) is 6.07 Å². The van der Waals surface area contributed by atoms with E-state index in [1.54, 1.807) is 12.1 Å². The Hall–Kier alpha value is -1.26. The second-order valence-electron chi connectivity index (χ2n) is 3.93. The molecule has 17 heavy (non-hydrogen) atoms. The Balaban J connectivity index is 1.93. The molecule has 5 heteroatoms. The SMILES string of the molecule is O=C(NCCCO)C1Cc2cc(Cl)ccc2O1. The number of rotatable bonds is 4. The number of carbonyl (C=O) groups is 1. The first-order valence-corrected chi connectivity index (χ1v) is 5.92. The first-order chi connectivity index (χ1) is 8.20. The minimum absolute atomic E-state index is 0.0711. The van der Waals surface area contributed by atoms with Crippen LogP contribution in [-0.4, -0.2) is 30.3 Å². The number of benzene rings is 1. The molecule has 0 radical (unpaired) electrons. The first-order valence-electron chi connectivity index (χ1n) is 5.54. The summed E-state index contributed by atoms with van der Waals surface area (Å²) in [4.78, 5) is 11.7. The van der Waals surface area contributed by atoms with E-state index in [9.17, 15) is 4.79 Å². The maximum atomic E-state index is 11.7. The highest BCUT2D eigenvalue weighted by Crippen LogP contribution is 2.30. The summed E-state index contributed by atoms with van der Waals surface area (Å²) in [7, 11) is 0. The lowest BCUT2D eigenvalue weighted by Crippen LogP contribution is -2.38. The fraction of sp³-hybridized carbons (Fsp3) is 0.417. The van der Waals surface area contributed by atoms with Crippen molar-refractivity contribution < 1.29 is 14.6 Å². The van der Waals surface area contributed by atoms with Crippen LogP contribution in [0.4, 0.5) is 0 Å². The zero-order valence-corrected chi connectivity index (χ0v) is 10.0. The Morgan fingerprint density at radius 3 is 3.18 bits per heavy atom. The maximum absolute atomic E-state index is 11.7. The van der Waals surface area contributed by atoms with Crippen LogP contribution in [0.1, 0.15) is 12.0 Å². The molecule has 0 aliphatic carbocycles. The van der Waals surface area contributed by atoms with E-state index in [0.29, 0.717) is 24.4 Å². The summed E-state index contributed by atoms with van der Waals surface area (Å²) < 4.78 is 5.52. The largest absolute Gasteiger partial charge is 0.480 e. The highest BCUT2D eigenvalue weighted by Gasteiger charge is 2.28. The van der Waals surface area contributed by atoms with E-state index < -0.39 is 6.10 Å². The average molecular weight is 256 g/mol. The van der Waals surface area contributed by atoms with Crippen LogP contribution in [-0.2, 0) is 11.2 Å². The predicted octanol–water partition coefficient (Wildman–Crippen LogP) is 1.14. The van der Waals surface area contributed by atoms with Crippen LogP contribution in [0.3, 0.4) is 0 Å². The summed E-state index contributed by atoms with van der Waals surface area (Å²) in [6, 6.07) is 5.34. The minimum atomic E-state index is -0.484. The van der Waals surface area contributed by atoms with E-state index >= 15 is 0 Å². The fourth-order valence-electron chi connectivity index (χ4n) is 1.77. The molecule has 0 spiro atoms. The molecule has 0 fully saturated rings. The van der Waals surface area contributed by atoms with Crippen LogP contribution in [0, 0.1) is 0 Å². The molecular weight excluding hydrogens is 242 g/mol. The number of nitrogens with one attached hydrogen (secondary N) is 1. The number of fused-ring (bicyclic) bond motifs is 1. The van der Waals surface area contributed by atoms with Crippen LogP contribution in [0.2, 0.25) is 5.02 Å². The number of hydrogen-bond donors (Lipinski definition) is 2. The van der Waals surface area contributed by atoms with Gasteiger partial charge in [-0.25, -0.2) is 0 Å². The van der Waals surface area contributed by atoms with Gasteiger partial charge in [0, 0.05) is 24.6 Å². The molecule has 1 aromatic carbocycles. The summed E-state index contributed by atoms with van der Waals surface area (Å²) in [6.45, 7) is 0.536. The molecule has 4 nitrogen and oxygen atoms in total. The van der Waals surface area contributed by atoms with E-state index in [1.165, 1.54) is 0 Å². The van der Waals surface area contributed by atoms with E-state index in [2.05, 4.69) is 5.32 Å². The number of carbonyl (C=O) groups excluding carboxylic acids is 1. The van der Waals surface area contributed by atoms with E-state index in [-0.39, 0.29) is 12.5 Å². The molecule has 1 aliphatic rings. The van der Waals surface area contributed by atoms with Gasteiger partial charge in [0.1, 0.15) is 5.75 Å². The van der Waals surface area contributed by atoms with Crippen LogP contribution < -0.4 is 10.1 Å². The van der Waals surface area contributed by atoms with Gasteiger partial charge >= 0.3 is 0 Å². The third kappa shape index (κ3) is 2.90. The molecule has 1 atom stereocenters. The molecule has 1 aromatic rings. The fourth-order valence-corrected chi connectivity index (χ4v) is 1.96. The molecule has 0 saturated carbocycles. The van der Waals surface area contributed by atoms with Crippen molar-refractivity contribution in [3.8, 4) is 5.75 Å². The third-order valence-electron chi connectivity index (χ3n) is 2.62. The van der Waals surface area contributed by atoms with Gasteiger partial charge in [0.05, 0.1) is 0 Å². The van der Waals surface area contributed by atoms with Gasteiger partial charge in [0.25, 0.3) is 5.91 Å². The van der Waals surface area contributed by atoms with E-state index in [0.717, 1.165) is 11.3 Å². The lowest BCUT2D eigenvalue weighted by molar-refractivity contribution is -0.127. The molecule has 0 bridgehead atoms. The van der Waals surface area contributed by atoms with Gasteiger partial charge in [-0.05, 0) is 30.2 Å². The maximum Gasteiger partial charge on any atom is 0.261 e. The normalized spacial score (nSPS) is 17.4. The quantitative estimate of drug-likeness (QED) is 0.794. The first kappa shape index (κ1) is 12.2. The number of hydrogen-bond acceptors (Lipinski definition) is 3. The number of halogens is 1. The van der Waals surface area contributed by atoms with Crippen LogP contribution in [0.5, 0.6) is 5.75 Å². The lowest BCUT2D eigenvalue weighted by atomic mass is 10.1. The van der Waals surface area contributed by atoms with Gasteiger partial charge < -0.3 is 15.2 Å². The molecule has 0 aromatic heterocycles. The van der Waals surface area contributed by atoms with Gasteiger partial charge in [-0.3, -0.25) is 4.79 Å². The Kier molecular flexibility index (Phi) is 3.86. The number of amides is 1. The standard InChI is InChI=1S/C12H14ClNO3/c13-9-2-3-10-8(6-9)7-11(17-10)12(16)14-4-1-5-15/h2-3,6,11,15H,1,4-5,7H2,(H,14,16). The smallest absolute Gasteiger partial charge is 0.261 e. The number of ether oxygens (including phenoxy) is 1. The second kappa shape index (κ2) is 5.38. The molecule has 0 saturated heterocycles. The Morgan fingerprint density at radius 2 is 2.41 bits per heavy atom. The highest BCUT2D eigenvalue weighted by atomic mass is 35.5. The van der Waals surface area contributed by atoms with Gasteiger partial charge in [-0.2, -0.15) is 0 Å². The van der Waals surface area contributed by atoms with Crippen molar-refractivity contribution in [1.82, 2.24) is 5.32 Å². The minimum Gasteiger partial charge on any atom is -0.480 e. The summed E-state index contributed by atoms with van der Waals surface area (Å²) in [5.41, 5.74) is 0.958. The van der Waals surface area contributed by atoms with Gasteiger partial charge in [-0.15, -0.1) is 0 Å². The Labute approximate surface area is 105 Å². The third-order valence-corrected chi connectivity index (χ3v) is 2.86. The van der Waals surface area contributed by atoms with Crippen LogP contribution in [0.25, 0.3) is 0 Å². The van der Waals surface area contributed by atoms with Crippen molar-refractivity contribution in [1.29, 1.82) is 0 Å². The topological polar surface area (TPSA) is 58.6 Å². The molecule has 1 aliphatic heterocycles. The summed E-state index contributed by atoms with van der Waals surface area (Å²) in [6.07, 6.45) is 0.611. The molecule has 2 rings (SSSR count). The van der Waals surface area contributed by atoms with Crippen LogP contribution >= 0.6 is 11.6 Å². The van der Waals surface area contributed by atoms with Gasteiger partial charge in [0.2, 0.25) is 0 Å².